The Kier molecular flexibility index (Phi) is 3.46. The summed E-state index contributed by atoms with van der Waals surface area (Å²) in [4.78, 5) is 0. The average molecular weight is 178 g/mol. The summed E-state index contributed by atoms with van der Waals surface area (Å²) in [6, 6.07) is 9.78. The molecular formula is C10H14N2O. The van der Waals surface area contributed by atoms with Gasteiger partial charge in [-0.05, 0) is 5.56 Å². The van der Waals surface area contributed by atoms with Crippen molar-refractivity contribution in [2.24, 2.45) is 5.73 Å². The minimum atomic E-state index is -0.0984. The van der Waals surface area contributed by atoms with Crippen molar-refractivity contribution >= 4 is 5.84 Å². The Bertz CT molecular complexity index is 272. The van der Waals surface area contributed by atoms with Crippen LogP contribution < -0.4 is 5.73 Å². The molecule has 0 bridgehead atoms. The first-order valence-corrected chi connectivity index (χ1v) is 4.14. The van der Waals surface area contributed by atoms with Gasteiger partial charge >= 0.3 is 0 Å². The molecule has 1 aromatic rings. The third-order valence-electron chi connectivity index (χ3n) is 1.86. The fourth-order valence-corrected chi connectivity index (χ4v) is 1.20. The van der Waals surface area contributed by atoms with Crippen molar-refractivity contribution in [2.45, 2.75) is 12.5 Å². The van der Waals surface area contributed by atoms with Crippen molar-refractivity contribution in [1.29, 1.82) is 5.41 Å². The number of hydrogen-bond acceptors (Lipinski definition) is 2. The van der Waals surface area contributed by atoms with Gasteiger partial charge in [0.05, 0.1) is 11.9 Å². The number of amidine groups is 1. The minimum absolute atomic E-state index is 0.0984. The molecule has 1 rings (SSSR count). The Morgan fingerprint density at radius 2 is 2.08 bits per heavy atom. The van der Waals surface area contributed by atoms with Gasteiger partial charge in [-0.2, -0.15) is 0 Å². The van der Waals surface area contributed by atoms with Crippen molar-refractivity contribution in [3.63, 3.8) is 0 Å². The van der Waals surface area contributed by atoms with Crippen LogP contribution in [0.1, 0.15) is 18.1 Å². The zero-order chi connectivity index (χ0) is 9.68. The number of ether oxygens (including phenoxy) is 1. The molecule has 0 radical (unpaired) electrons. The maximum absolute atomic E-state index is 7.18. The number of hydrogen-bond donors (Lipinski definition) is 2. The standard InChI is InChI=1S/C10H14N2O/c1-13-9(7-10(11)12)8-5-3-2-4-6-8/h2-6,9H,7H2,1H3,(H3,11,12). The largest absolute Gasteiger partial charge is 0.388 e. The van der Waals surface area contributed by atoms with E-state index >= 15 is 0 Å². The van der Waals surface area contributed by atoms with Gasteiger partial charge in [0.25, 0.3) is 0 Å². The van der Waals surface area contributed by atoms with Gasteiger partial charge in [0.15, 0.2) is 0 Å². The molecule has 1 atom stereocenters. The van der Waals surface area contributed by atoms with E-state index in [0.29, 0.717) is 6.42 Å². The monoisotopic (exact) mass is 178 g/mol. The Morgan fingerprint density at radius 1 is 1.46 bits per heavy atom. The van der Waals surface area contributed by atoms with E-state index in [0.717, 1.165) is 5.56 Å². The quantitative estimate of drug-likeness (QED) is 0.544. The Morgan fingerprint density at radius 3 is 2.54 bits per heavy atom. The fraction of sp³-hybridized carbons (Fsp3) is 0.300. The first-order valence-electron chi connectivity index (χ1n) is 4.14. The van der Waals surface area contributed by atoms with Gasteiger partial charge in [0.1, 0.15) is 0 Å². The Labute approximate surface area is 78.0 Å². The molecule has 3 heteroatoms. The topological polar surface area (TPSA) is 59.1 Å². The molecule has 3 nitrogen and oxygen atoms in total. The van der Waals surface area contributed by atoms with E-state index in [1.165, 1.54) is 0 Å². The van der Waals surface area contributed by atoms with Crippen molar-refractivity contribution in [3.8, 4) is 0 Å². The summed E-state index contributed by atoms with van der Waals surface area (Å²) in [5.41, 5.74) is 6.37. The Hall–Kier alpha value is -1.35. The van der Waals surface area contributed by atoms with Crippen LogP contribution in [0.25, 0.3) is 0 Å². The van der Waals surface area contributed by atoms with Gasteiger partial charge in [-0.15, -0.1) is 0 Å². The van der Waals surface area contributed by atoms with Crippen molar-refractivity contribution in [2.75, 3.05) is 7.11 Å². The molecule has 0 aliphatic rings. The maximum Gasteiger partial charge on any atom is 0.0934 e. The molecule has 1 aromatic carbocycles. The third-order valence-corrected chi connectivity index (χ3v) is 1.86. The molecule has 0 saturated heterocycles. The molecule has 3 N–H and O–H groups in total. The SMILES string of the molecule is COC(CC(=N)N)c1ccccc1. The van der Waals surface area contributed by atoms with Gasteiger partial charge in [0.2, 0.25) is 0 Å². The molecule has 0 aliphatic heterocycles. The molecule has 0 heterocycles. The van der Waals surface area contributed by atoms with Crippen LogP contribution in [-0.4, -0.2) is 12.9 Å². The van der Waals surface area contributed by atoms with E-state index < -0.39 is 0 Å². The molecule has 0 amide bonds. The summed E-state index contributed by atoms with van der Waals surface area (Å²) >= 11 is 0. The van der Waals surface area contributed by atoms with Crippen molar-refractivity contribution in [3.05, 3.63) is 35.9 Å². The highest BCUT2D eigenvalue weighted by Crippen LogP contribution is 2.19. The molecular weight excluding hydrogens is 164 g/mol. The predicted molar refractivity (Wildman–Crippen MR) is 52.7 cm³/mol. The molecule has 0 spiro atoms. The summed E-state index contributed by atoms with van der Waals surface area (Å²) in [6.07, 6.45) is 0.347. The van der Waals surface area contributed by atoms with Gasteiger partial charge in [-0.3, -0.25) is 5.41 Å². The lowest BCUT2D eigenvalue weighted by Gasteiger charge is -2.14. The number of nitrogens with two attached hydrogens (primary N) is 1. The maximum atomic E-state index is 7.18. The highest BCUT2D eigenvalue weighted by atomic mass is 16.5. The van der Waals surface area contributed by atoms with Crippen LogP contribution in [0, 0.1) is 5.41 Å². The lowest BCUT2D eigenvalue weighted by atomic mass is 10.1. The molecule has 1 unspecified atom stereocenters. The molecule has 0 aliphatic carbocycles. The molecule has 0 saturated carbocycles. The summed E-state index contributed by atoms with van der Waals surface area (Å²) < 4.78 is 5.23. The van der Waals surface area contributed by atoms with Crippen molar-refractivity contribution in [1.82, 2.24) is 0 Å². The van der Waals surface area contributed by atoms with Crippen LogP contribution in [0.5, 0.6) is 0 Å². The number of benzene rings is 1. The minimum Gasteiger partial charge on any atom is -0.388 e. The fourth-order valence-electron chi connectivity index (χ4n) is 1.20. The predicted octanol–water partition coefficient (Wildman–Crippen LogP) is 1.70. The summed E-state index contributed by atoms with van der Waals surface area (Å²) in [5, 5.41) is 7.18. The molecule has 0 fully saturated rings. The normalized spacial score (nSPS) is 12.4. The molecule has 13 heavy (non-hydrogen) atoms. The van der Waals surface area contributed by atoms with Gasteiger partial charge in [-0.25, -0.2) is 0 Å². The van der Waals surface area contributed by atoms with E-state index in [1.807, 2.05) is 30.3 Å². The van der Waals surface area contributed by atoms with Crippen LogP contribution in [-0.2, 0) is 4.74 Å². The van der Waals surface area contributed by atoms with Crippen LogP contribution in [0.15, 0.2) is 30.3 Å². The van der Waals surface area contributed by atoms with Crippen LogP contribution in [0.4, 0.5) is 0 Å². The summed E-state index contributed by atoms with van der Waals surface area (Å²) in [7, 11) is 1.63. The second-order valence-corrected chi connectivity index (χ2v) is 2.86. The first-order chi connectivity index (χ1) is 6.24. The number of methoxy groups -OCH3 is 1. The van der Waals surface area contributed by atoms with E-state index in [2.05, 4.69) is 0 Å². The average Bonchev–Trinajstić information content (AvgIpc) is 2.15. The summed E-state index contributed by atoms with van der Waals surface area (Å²) in [5.74, 6) is 0.149. The second kappa shape index (κ2) is 4.62. The highest BCUT2D eigenvalue weighted by molar-refractivity contribution is 5.77. The van der Waals surface area contributed by atoms with E-state index in [4.69, 9.17) is 15.9 Å². The van der Waals surface area contributed by atoms with Crippen LogP contribution in [0.2, 0.25) is 0 Å². The van der Waals surface area contributed by atoms with E-state index in [-0.39, 0.29) is 11.9 Å². The number of nitrogens with one attached hydrogen (secondary N) is 1. The van der Waals surface area contributed by atoms with Crippen LogP contribution >= 0.6 is 0 Å². The van der Waals surface area contributed by atoms with Gasteiger partial charge in [0, 0.05) is 13.5 Å². The van der Waals surface area contributed by atoms with Gasteiger partial charge in [-0.1, -0.05) is 30.3 Å². The zero-order valence-corrected chi connectivity index (χ0v) is 7.66. The third kappa shape index (κ3) is 2.87. The van der Waals surface area contributed by atoms with Crippen molar-refractivity contribution < 1.29 is 4.74 Å². The molecule has 0 aromatic heterocycles. The molecule has 70 valence electrons. The van der Waals surface area contributed by atoms with E-state index in [9.17, 15) is 0 Å². The lowest BCUT2D eigenvalue weighted by Crippen LogP contribution is -2.15. The highest BCUT2D eigenvalue weighted by Gasteiger charge is 2.10. The van der Waals surface area contributed by atoms with E-state index in [1.54, 1.807) is 7.11 Å². The smallest absolute Gasteiger partial charge is 0.0934 e. The van der Waals surface area contributed by atoms with Gasteiger partial charge < -0.3 is 10.5 Å². The first kappa shape index (κ1) is 9.74. The lowest BCUT2D eigenvalue weighted by molar-refractivity contribution is 0.109. The Balaban J connectivity index is 2.73. The second-order valence-electron chi connectivity index (χ2n) is 2.86. The van der Waals surface area contributed by atoms with Crippen LogP contribution in [0.3, 0.4) is 0 Å². The summed E-state index contributed by atoms with van der Waals surface area (Å²) in [6.45, 7) is 0. The number of rotatable bonds is 4. The zero-order valence-electron chi connectivity index (χ0n) is 7.66.